The van der Waals surface area contributed by atoms with Crippen LogP contribution < -0.4 is 4.74 Å². The maximum absolute atomic E-state index is 13.1. The Labute approximate surface area is 114 Å². The number of nitrogens with zero attached hydrogens (tertiary/aromatic N) is 2. The van der Waals surface area contributed by atoms with Crippen LogP contribution in [0.1, 0.15) is 12.5 Å². The Balaban J connectivity index is 3.29. The van der Waals surface area contributed by atoms with Gasteiger partial charge in [0.05, 0.1) is 23.5 Å². The molecule has 116 valence electrons. The number of alkyl halides is 3. The molecule has 0 amide bonds. The summed E-state index contributed by atoms with van der Waals surface area (Å²) < 4.78 is 57.4. The summed E-state index contributed by atoms with van der Waals surface area (Å²) in [6.07, 6.45) is -6.09. The van der Waals surface area contributed by atoms with Crippen LogP contribution in [0.25, 0.3) is 0 Å². The fourth-order valence-electron chi connectivity index (χ4n) is 1.41. The van der Waals surface area contributed by atoms with Crippen LogP contribution in [-0.2, 0) is 16.0 Å². The van der Waals surface area contributed by atoms with Gasteiger partial charge in [0, 0.05) is 6.07 Å². The van der Waals surface area contributed by atoms with Crippen LogP contribution in [-0.4, -0.2) is 28.8 Å². The molecule has 0 N–H and O–H groups in total. The molecule has 0 bridgehead atoms. The summed E-state index contributed by atoms with van der Waals surface area (Å²) in [5.74, 6) is -4.00. The van der Waals surface area contributed by atoms with E-state index in [0.717, 1.165) is 0 Å². The minimum atomic E-state index is -5.30. The summed E-state index contributed by atoms with van der Waals surface area (Å²) in [5, 5.41) is 10.8. The van der Waals surface area contributed by atoms with Gasteiger partial charge in [0.25, 0.3) is 0 Å². The van der Waals surface area contributed by atoms with Crippen LogP contribution in [0.15, 0.2) is 6.07 Å². The number of rotatable bonds is 5. The van der Waals surface area contributed by atoms with Crippen molar-refractivity contribution in [1.29, 1.82) is 0 Å². The molecule has 1 heterocycles. The number of aromatic nitrogens is 1. The molecule has 0 aliphatic heterocycles. The van der Waals surface area contributed by atoms with Crippen LogP contribution in [0, 0.1) is 16.1 Å². The van der Waals surface area contributed by atoms with Crippen molar-refractivity contribution in [2.45, 2.75) is 19.7 Å². The summed E-state index contributed by atoms with van der Waals surface area (Å²) >= 11 is 0. The molecule has 0 aliphatic rings. The van der Waals surface area contributed by atoms with Crippen LogP contribution in [0.3, 0.4) is 0 Å². The van der Waals surface area contributed by atoms with Gasteiger partial charge in [0.1, 0.15) is 0 Å². The van der Waals surface area contributed by atoms with Crippen molar-refractivity contribution in [3.63, 3.8) is 0 Å². The SMILES string of the molecule is CCOC(=O)Cc1cc(F)nc(OC(F)(F)F)c1[N+](=O)[O-]. The zero-order valence-corrected chi connectivity index (χ0v) is 10.4. The van der Waals surface area contributed by atoms with E-state index in [-0.39, 0.29) is 6.61 Å². The van der Waals surface area contributed by atoms with E-state index in [0.29, 0.717) is 6.07 Å². The first-order valence-corrected chi connectivity index (χ1v) is 5.39. The Morgan fingerprint density at radius 3 is 2.57 bits per heavy atom. The first kappa shape index (κ1) is 16.6. The predicted molar refractivity (Wildman–Crippen MR) is 57.9 cm³/mol. The third kappa shape index (κ3) is 4.85. The Morgan fingerprint density at radius 1 is 1.48 bits per heavy atom. The molecule has 0 saturated heterocycles. The molecule has 11 heteroatoms. The van der Waals surface area contributed by atoms with E-state index in [4.69, 9.17) is 0 Å². The molecule has 1 aromatic rings. The Kier molecular flexibility index (Phi) is 5.00. The average Bonchev–Trinajstić information content (AvgIpc) is 2.24. The van der Waals surface area contributed by atoms with Crippen molar-refractivity contribution in [3.05, 3.63) is 27.7 Å². The van der Waals surface area contributed by atoms with E-state index in [1.807, 2.05) is 0 Å². The monoisotopic (exact) mass is 312 g/mol. The van der Waals surface area contributed by atoms with Gasteiger partial charge in [-0.1, -0.05) is 0 Å². The lowest BCUT2D eigenvalue weighted by molar-refractivity contribution is -0.390. The van der Waals surface area contributed by atoms with Gasteiger partial charge >= 0.3 is 23.9 Å². The van der Waals surface area contributed by atoms with E-state index in [9.17, 15) is 32.5 Å². The molecule has 0 fully saturated rings. The summed E-state index contributed by atoms with van der Waals surface area (Å²) in [5.41, 5.74) is -1.88. The number of halogens is 4. The summed E-state index contributed by atoms with van der Waals surface area (Å²) in [6, 6.07) is 0.471. The highest BCUT2D eigenvalue weighted by Gasteiger charge is 2.37. The standard InChI is InChI=1S/C10H8F4N2O5/c1-2-20-7(17)4-5-3-6(11)15-9(8(5)16(18)19)21-10(12,13)14/h3H,2,4H2,1H3. The summed E-state index contributed by atoms with van der Waals surface area (Å²) in [4.78, 5) is 23.5. The lowest BCUT2D eigenvalue weighted by Crippen LogP contribution is -2.20. The largest absolute Gasteiger partial charge is 0.574 e. The van der Waals surface area contributed by atoms with E-state index in [1.165, 1.54) is 6.92 Å². The number of carbonyl (C=O) groups is 1. The molecule has 0 aliphatic carbocycles. The van der Waals surface area contributed by atoms with Crippen molar-refractivity contribution in [2.24, 2.45) is 0 Å². The second-order valence-electron chi connectivity index (χ2n) is 3.54. The van der Waals surface area contributed by atoms with Crippen molar-refractivity contribution in [3.8, 4) is 5.88 Å². The minimum Gasteiger partial charge on any atom is -0.466 e. The van der Waals surface area contributed by atoms with Crippen LogP contribution in [0.4, 0.5) is 23.2 Å². The highest BCUT2D eigenvalue weighted by Crippen LogP contribution is 2.33. The van der Waals surface area contributed by atoms with Gasteiger partial charge in [-0.25, -0.2) is 0 Å². The molecule has 0 aromatic carbocycles. The molecule has 1 aromatic heterocycles. The summed E-state index contributed by atoms with van der Waals surface area (Å²) in [7, 11) is 0. The fourth-order valence-corrected chi connectivity index (χ4v) is 1.41. The van der Waals surface area contributed by atoms with Crippen molar-refractivity contribution in [1.82, 2.24) is 4.98 Å². The van der Waals surface area contributed by atoms with Gasteiger partial charge in [-0.05, 0) is 6.92 Å². The molecular weight excluding hydrogens is 304 g/mol. The van der Waals surface area contributed by atoms with Crippen LogP contribution in [0.2, 0.25) is 0 Å². The zero-order valence-electron chi connectivity index (χ0n) is 10.4. The predicted octanol–water partition coefficient (Wildman–Crippen LogP) is 2.13. The molecule has 0 unspecified atom stereocenters. The third-order valence-electron chi connectivity index (χ3n) is 2.04. The van der Waals surface area contributed by atoms with Gasteiger partial charge in [-0.2, -0.15) is 9.37 Å². The van der Waals surface area contributed by atoms with Gasteiger partial charge < -0.3 is 9.47 Å². The Morgan fingerprint density at radius 2 is 2.10 bits per heavy atom. The van der Waals surface area contributed by atoms with E-state index < -0.39 is 46.8 Å². The first-order chi connectivity index (χ1) is 9.64. The second-order valence-corrected chi connectivity index (χ2v) is 3.54. The molecule has 1 rings (SSSR count). The minimum absolute atomic E-state index is 0.0495. The third-order valence-corrected chi connectivity index (χ3v) is 2.04. The van der Waals surface area contributed by atoms with Crippen molar-refractivity contribution < 1.29 is 36.8 Å². The second kappa shape index (κ2) is 6.33. The van der Waals surface area contributed by atoms with E-state index in [1.54, 1.807) is 0 Å². The number of hydrogen-bond donors (Lipinski definition) is 0. The topological polar surface area (TPSA) is 91.6 Å². The molecule has 0 spiro atoms. The molecule has 0 atom stereocenters. The number of esters is 1. The molecule has 0 saturated carbocycles. The normalized spacial score (nSPS) is 11.1. The van der Waals surface area contributed by atoms with Gasteiger partial charge in [0.2, 0.25) is 5.95 Å². The smallest absolute Gasteiger partial charge is 0.466 e. The van der Waals surface area contributed by atoms with Crippen molar-refractivity contribution in [2.75, 3.05) is 6.61 Å². The average molecular weight is 312 g/mol. The lowest BCUT2D eigenvalue weighted by atomic mass is 10.1. The Bertz CT molecular complexity index is 561. The lowest BCUT2D eigenvalue weighted by Gasteiger charge is -2.10. The number of carbonyl (C=O) groups excluding carboxylic acids is 1. The highest BCUT2D eigenvalue weighted by atomic mass is 19.4. The van der Waals surface area contributed by atoms with Gasteiger partial charge in [-0.3, -0.25) is 14.9 Å². The van der Waals surface area contributed by atoms with E-state index in [2.05, 4.69) is 14.5 Å². The molecule has 21 heavy (non-hydrogen) atoms. The van der Waals surface area contributed by atoms with Crippen molar-refractivity contribution >= 4 is 11.7 Å². The van der Waals surface area contributed by atoms with Gasteiger partial charge in [-0.15, -0.1) is 13.2 Å². The summed E-state index contributed by atoms with van der Waals surface area (Å²) in [6.45, 7) is 1.41. The maximum Gasteiger partial charge on any atom is 0.574 e. The van der Waals surface area contributed by atoms with E-state index >= 15 is 0 Å². The highest BCUT2D eigenvalue weighted by molar-refractivity contribution is 5.74. The fraction of sp³-hybridized carbons (Fsp3) is 0.400. The number of pyridine rings is 1. The number of nitro groups is 1. The maximum atomic E-state index is 13.1. The molecule has 0 radical (unpaired) electrons. The number of ether oxygens (including phenoxy) is 2. The quantitative estimate of drug-likeness (QED) is 0.272. The van der Waals surface area contributed by atoms with Crippen LogP contribution >= 0.6 is 0 Å². The number of hydrogen-bond acceptors (Lipinski definition) is 6. The zero-order chi connectivity index (χ0) is 16.2. The molecule has 7 nitrogen and oxygen atoms in total. The van der Waals surface area contributed by atoms with Crippen LogP contribution in [0.5, 0.6) is 5.88 Å². The molecular formula is C10H8F4N2O5. The Hall–Kier alpha value is -2.46. The first-order valence-electron chi connectivity index (χ1n) is 5.39. The van der Waals surface area contributed by atoms with Gasteiger partial charge in [0.15, 0.2) is 0 Å².